The van der Waals surface area contributed by atoms with E-state index in [0.717, 1.165) is 0 Å². The summed E-state index contributed by atoms with van der Waals surface area (Å²) in [7, 11) is 0. The van der Waals surface area contributed by atoms with Crippen molar-refractivity contribution in [1.29, 1.82) is 0 Å². The van der Waals surface area contributed by atoms with E-state index < -0.39 is 6.10 Å². The topological polar surface area (TPSA) is 38.3 Å². The molecule has 0 saturated carbocycles. The maximum Gasteiger partial charge on any atom is 0.261 e. The highest BCUT2D eigenvalue weighted by Crippen LogP contribution is 2.18. The van der Waals surface area contributed by atoms with Gasteiger partial charge in [-0.15, -0.1) is 6.58 Å². The lowest BCUT2D eigenvalue weighted by molar-refractivity contribution is -0.127. The summed E-state index contributed by atoms with van der Waals surface area (Å²) < 4.78 is 5.42. The SMILES string of the molecule is C=CCNC(=O)[C@H](C)Oc1cccc(Cl)c1. The largest absolute Gasteiger partial charge is 0.481 e. The first-order valence-corrected chi connectivity index (χ1v) is 5.32. The second kappa shape index (κ2) is 6.18. The van der Waals surface area contributed by atoms with Gasteiger partial charge in [-0.05, 0) is 25.1 Å². The maximum atomic E-state index is 11.5. The van der Waals surface area contributed by atoms with Crippen molar-refractivity contribution in [2.45, 2.75) is 13.0 Å². The molecule has 0 aromatic heterocycles. The minimum absolute atomic E-state index is 0.181. The van der Waals surface area contributed by atoms with Gasteiger partial charge in [-0.1, -0.05) is 23.7 Å². The van der Waals surface area contributed by atoms with Crippen molar-refractivity contribution in [3.63, 3.8) is 0 Å². The molecular weight excluding hydrogens is 226 g/mol. The Morgan fingerprint density at radius 1 is 1.69 bits per heavy atom. The minimum Gasteiger partial charge on any atom is -0.481 e. The number of carbonyl (C=O) groups excluding carboxylic acids is 1. The number of hydrogen-bond donors (Lipinski definition) is 1. The number of nitrogens with one attached hydrogen (secondary N) is 1. The highest BCUT2D eigenvalue weighted by molar-refractivity contribution is 6.30. The van der Waals surface area contributed by atoms with E-state index in [1.54, 1.807) is 37.3 Å². The molecular formula is C12H14ClNO2. The van der Waals surface area contributed by atoms with Crippen LogP contribution < -0.4 is 10.1 Å². The van der Waals surface area contributed by atoms with Gasteiger partial charge in [0.05, 0.1) is 0 Å². The molecule has 1 aromatic rings. The van der Waals surface area contributed by atoms with Crippen molar-refractivity contribution in [3.8, 4) is 5.75 Å². The number of amides is 1. The van der Waals surface area contributed by atoms with Gasteiger partial charge in [0.1, 0.15) is 5.75 Å². The van der Waals surface area contributed by atoms with Crippen LogP contribution in [0.2, 0.25) is 5.02 Å². The second-order valence-electron chi connectivity index (χ2n) is 3.25. The molecule has 16 heavy (non-hydrogen) atoms. The van der Waals surface area contributed by atoms with Crippen LogP contribution in [0.5, 0.6) is 5.75 Å². The fraction of sp³-hybridized carbons (Fsp3) is 0.250. The predicted octanol–water partition coefficient (Wildman–Crippen LogP) is 2.41. The first-order chi connectivity index (χ1) is 7.63. The Balaban J connectivity index is 2.53. The number of halogens is 1. The fourth-order valence-corrected chi connectivity index (χ4v) is 1.29. The molecule has 3 nitrogen and oxygen atoms in total. The molecule has 0 radical (unpaired) electrons. The van der Waals surface area contributed by atoms with Crippen LogP contribution in [0.3, 0.4) is 0 Å². The standard InChI is InChI=1S/C12H14ClNO2/c1-3-7-14-12(15)9(2)16-11-6-4-5-10(13)8-11/h3-6,8-9H,1,7H2,2H3,(H,14,15)/t9-/m0/s1. The molecule has 0 aliphatic rings. The van der Waals surface area contributed by atoms with Gasteiger partial charge in [-0.3, -0.25) is 4.79 Å². The number of benzene rings is 1. The van der Waals surface area contributed by atoms with Crippen LogP contribution in [0.25, 0.3) is 0 Å². The number of hydrogen-bond acceptors (Lipinski definition) is 2. The summed E-state index contributed by atoms with van der Waals surface area (Å²) in [6, 6.07) is 6.94. The predicted molar refractivity (Wildman–Crippen MR) is 64.7 cm³/mol. The van der Waals surface area contributed by atoms with Crippen LogP contribution in [-0.2, 0) is 4.79 Å². The summed E-state index contributed by atoms with van der Waals surface area (Å²) in [4.78, 5) is 11.5. The van der Waals surface area contributed by atoms with E-state index in [-0.39, 0.29) is 5.91 Å². The monoisotopic (exact) mass is 239 g/mol. The number of ether oxygens (including phenoxy) is 1. The van der Waals surface area contributed by atoms with Gasteiger partial charge in [0.15, 0.2) is 6.10 Å². The summed E-state index contributed by atoms with van der Waals surface area (Å²) in [5.41, 5.74) is 0. The Bertz CT molecular complexity index is 379. The zero-order chi connectivity index (χ0) is 12.0. The van der Waals surface area contributed by atoms with Crippen molar-refractivity contribution in [2.24, 2.45) is 0 Å². The van der Waals surface area contributed by atoms with Gasteiger partial charge in [-0.25, -0.2) is 0 Å². The zero-order valence-corrected chi connectivity index (χ0v) is 9.83. The van der Waals surface area contributed by atoms with Crippen molar-refractivity contribution in [2.75, 3.05) is 6.54 Å². The highest BCUT2D eigenvalue weighted by Gasteiger charge is 2.13. The van der Waals surface area contributed by atoms with Crippen molar-refractivity contribution in [3.05, 3.63) is 41.9 Å². The summed E-state index contributed by atoms with van der Waals surface area (Å²) in [5, 5.41) is 3.23. The molecule has 0 unspecified atom stereocenters. The molecule has 0 saturated heterocycles. The van der Waals surface area contributed by atoms with E-state index in [4.69, 9.17) is 16.3 Å². The van der Waals surface area contributed by atoms with E-state index in [9.17, 15) is 4.79 Å². The third-order valence-corrected chi connectivity index (χ3v) is 2.13. The van der Waals surface area contributed by atoms with E-state index in [1.807, 2.05) is 0 Å². The lowest BCUT2D eigenvalue weighted by Crippen LogP contribution is -2.36. The molecule has 0 aliphatic carbocycles. The van der Waals surface area contributed by atoms with Crippen molar-refractivity contribution in [1.82, 2.24) is 5.32 Å². The Morgan fingerprint density at radius 3 is 3.06 bits per heavy atom. The van der Waals surface area contributed by atoms with E-state index >= 15 is 0 Å². The van der Waals surface area contributed by atoms with Crippen LogP contribution in [0.4, 0.5) is 0 Å². The lowest BCUT2D eigenvalue weighted by Gasteiger charge is -2.14. The van der Waals surface area contributed by atoms with Gasteiger partial charge in [-0.2, -0.15) is 0 Å². The summed E-state index contributed by atoms with van der Waals surface area (Å²) >= 11 is 5.80. The van der Waals surface area contributed by atoms with Crippen molar-refractivity contribution >= 4 is 17.5 Å². The first-order valence-electron chi connectivity index (χ1n) is 4.94. The van der Waals surface area contributed by atoms with Gasteiger partial charge in [0, 0.05) is 11.6 Å². The van der Waals surface area contributed by atoms with E-state index in [0.29, 0.717) is 17.3 Å². The molecule has 0 bridgehead atoms. The summed E-state index contributed by atoms with van der Waals surface area (Å²) in [6.45, 7) is 5.63. The van der Waals surface area contributed by atoms with Crippen LogP contribution in [0, 0.1) is 0 Å². The van der Waals surface area contributed by atoms with Gasteiger partial charge >= 0.3 is 0 Å². The van der Waals surface area contributed by atoms with Gasteiger partial charge in [0.2, 0.25) is 0 Å². The fourth-order valence-electron chi connectivity index (χ4n) is 1.11. The molecule has 0 heterocycles. The molecule has 1 rings (SSSR count). The van der Waals surface area contributed by atoms with Crippen LogP contribution in [0.1, 0.15) is 6.92 Å². The van der Waals surface area contributed by atoms with E-state index in [1.165, 1.54) is 0 Å². The number of carbonyl (C=O) groups is 1. The Hall–Kier alpha value is -1.48. The average Bonchev–Trinajstić information content (AvgIpc) is 2.25. The van der Waals surface area contributed by atoms with Crippen LogP contribution >= 0.6 is 11.6 Å². The molecule has 86 valence electrons. The van der Waals surface area contributed by atoms with E-state index in [2.05, 4.69) is 11.9 Å². The third kappa shape index (κ3) is 3.95. The number of rotatable bonds is 5. The Labute approximate surface area is 100 Å². The second-order valence-corrected chi connectivity index (χ2v) is 3.69. The molecule has 1 N–H and O–H groups in total. The zero-order valence-electron chi connectivity index (χ0n) is 9.07. The molecule has 4 heteroatoms. The summed E-state index contributed by atoms with van der Waals surface area (Å²) in [5.74, 6) is 0.397. The smallest absolute Gasteiger partial charge is 0.261 e. The van der Waals surface area contributed by atoms with Gasteiger partial charge < -0.3 is 10.1 Å². The normalized spacial score (nSPS) is 11.6. The molecule has 1 aromatic carbocycles. The maximum absolute atomic E-state index is 11.5. The molecule has 0 spiro atoms. The molecule has 1 amide bonds. The molecule has 1 atom stereocenters. The quantitative estimate of drug-likeness (QED) is 0.802. The first kappa shape index (κ1) is 12.6. The average molecular weight is 240 g/mol. The third-order valence-electron chi connectivity index (χ3n) is 1.90. The lowest BCUT2D eigenvalue weighted by atomic mass is 10.3. The molecule has 0 aliphatic heterocycles. The Kier molecular flexibility index (Phi) is 4.86. The van der Waals surface area contributed by atoms with Crippen LogP contribution in [-0.4, -0.2) is 18.6 Å². The van der Waals surface area contributed by atoms with Crippen molar-refractivity contribution < 1.29 is 9.53 Å². The minimum atomic E-state index is -0.557. The highest BCUT2D eigenvalue weighted by atomic mass is 35.5. The Morgan fingerprint density at radius 2 is 2.44 bits per heavy atom. The van der Waals surface area contributed by atoms with Crippen LogP contribution in [0.15, 0.2) is 36.9 Å². The van der Waals surface area contributed by atoms with Gasteiger partial charge in [0.25, 0.3) is 5.91 Å². The molecule has 0 fully saturated rings. The summed E-state index contributed by atoms with van der Waals surface area (Å²) in [6.07, 6.45) is 1.06.